The highest BCUT2D eigenvalue weighted by molar-refractivity contribution is 14.0. The van der Waals surface area contributed by atoms with Gasteiger partial charge in [0.05, 0.1) is 14.2 Å². The van der Waals surface area contributed by atoms with E-state index in [1.165, 1.54) is 24.8 Å². The molecule has 0 aromatic heterocycles. The first-order valence-electron chi connectivity index (χ1n) is 7.96. The summed E-state index contributed by atoms with van der Waals surface area (Å²) in [4.78, 5) is 4.33. The van der Waals surface area contributed by atoms with E-state index in [0.717, 1.165) is 37.4 Å². The third-order valence-electron chi connectivity index (χ3n) is 3.46. The first kappa shape index (κ1) is 21.8. The molecule has 0 fully saturated rings. The van der Waals surface area contributed by atoms with Crippen molar-refractivity contribution in [1.82, 2.24) is 5.32 Å². The molecule has 0 aliphatic heterocycles. The molecule has 0 spiro atoms. The fourth-order valence-corrected chi connectivity index (χ4v) is 2.17. The van der Waals surface area contributed by atoms with Crippen LogP contribution in [0, 0.1) is 0 Å². The molecule has 23 heavy (non-hydrogen) atoms. The molecule has 0 amide bonds. The lowest BCUT2D eigenvalue weighted by molar-refractivity contribution is 0.354. The molecule has 3 N–H and O–H groups in total. The quantitative estimate of drug-likeness (QED) is 0.256. The third kappa shape index (κ3) is 8.88. The highest BCUT2D eigenvalue weighted by Crippen LogP contribution is 2.27. The van der Waals surface area contributed by atoms with Gasteiger partial charge in [0.2, 0.25) is 0 Å². The van der Waals surface area contributed by atoms with Gasteiger partial charge in [0.15, 0.2) is 17.5 Å². The summed E-state index contributed by atoms with van der Waals surface area (Å²) < 4.78 is 10.5. The number of rotatable bonds is 10. The molecule has 0 aliphatic rings. The van der Waals surface area contributed by atoms with E-state index in [9.17, 15) is 0 Å². The smallest absolute Gasteiger partial charge is 0.188 e. The standard InChI is InChI=1S/C17H29N3O2.HI/c1-4-5-6-7-11-19-17(18)20-12-10-14-8-9-15(21-2)16(13-14)22-3;/h8-9,13H,4-7,10-12H2,1-3H3,(H3,18,19,20);1H. The molecule has 1 rings (SSSR count). The van der Waals surface area contributed by atoms with Gasteiger partial charge >= 0.3 is 0 Å². The van der Waals surface area contributed by atoms with Crippen molar-refractivity contribution in [1.29, 1.82) is 0 Å². The van der Waals surface area contributed by atoms with Crippen LogP contribution in [0.15, 0.2) is 23.2 Å². The Bertz CT molecular complexity index is 467. The van der Waals surface area contributed by atoms with Crippen LogP contribution >= 0.6 is 24.0 Å². The Morgan fingerprint density at radius 2 is 1.87 bits per heavy atom. The van der Waals surface area contributed by atoms with Crippen LogP contribution in [0.25, 0.3) is 0 Å². The van der Waals surface area contributed by atoms with E-state index < -0.39 is 0 Å². The fourth-order valence-electron chi connectivity index (χ4n) is 2.17. The number of nitrogens with one attached hydrogen (secondary N) is 1. The zero-order valence-electron chi connectivity index (χ0n) is 14.4. The number of unbranched alkanes of at least 4 members (excludes halogenated alkanes) is 3. The average Bonchev–Trinajstić information content (AvgIpc) is 2.54. The lowest BCUT2D eigenvalue weighted by Crippen LogP contribution is -2.33. The monoisotopic (exact) mass is 435 g/mol. The van der Waals surface area contributed by atoms with E-state index >= 15 is 0 Å². The maximum Gasteiger partial charge on any atom is 0.188 e. The lowest BCUT2D eigenvalue weighted by atomic mass is 10.1. The van der Waals surface area contributed by atoms with Crippen LogP contribution in [0.5, 0.6) is 11.5 Å². The largest absolute Gasteiger partial charge is 0.493 e. The van der Waals surface area contributed by atoms with E-state index in [1.807, 2.05) is 18.2 Å². The maximum absolute atomic E-state index is 5.85. The summed E-state index contributed by atoms with van der Waals surface area (Å²) in [5.41, 5.74) is 7.02. The Hall–Kier alpha value is -1.18. The molecule has 6 heteroatoms. The average molecular weight is 435 g/mol. The second-order valence-electron chi connectivity index (χ2n) is 5.19. The Morgan fingerprint density at radius 1 is 1.13 bits per heavy atom. The molecule has 0 atom stereocenters. The van der Waals surface area contributed by atoms with Crippen molar-refractivity contribution in [2.75, 3.05) is 27.3 Å². The first-order chi connectivity index (χ1) is 10.7. The van der Waals surface area contributed by atoms with Crippen LogP contribution in [-0.2, 0) is 6.42 Å². The van der Waals surface area contributed by atoms with Gasteiger partial charge < -0.3 is 20.5 Å². The predicted octanol–water partition coefficient (Wildman–Crippen LogP) is 3.35. The summed E-state index contributed by atoms with van der Waals surface area (Å²) in [6.07, 6.45) is 5.68. The van der Waals surface area contributed by atoms with Gasteiger partial charge in [-0.1, -0.05) is 32.3 Å². The zero-order chi connectivity index (χ0) is 16.2. The molecule has 0 unspecified atom stereocenters. The maximum atomic E-state index is 5.85. The van der Waals surface area contributed by atoms with Crippen LogP contribution in [0.2, 0.25) is 0 Å². The first-order valence-corrected chi connectivity index (χ1v) is 7.96. The van der Waals surface area contributed by atoms with Gasteiger partial charge in [0.25, 0.3) is 0 Å². The van der Waals surface area contributed by atoms with E-state index in [1.54, 1.807) is 14.2 Å². The van der Waals surface area contributed by atoms with Crippen molar-refractivity contribution in [2.24, 2.45) is 10.7 Å². The predicted molar refractivity (Wildman–Crippen MR) is 107 cm³/mol. The Morgan fingerprint density at radius 3 is 2.52 bits per heavy atom. The van der Waals surface area contributed by atoms with Crippen molar-refractivity contribution in [3.05, 3.63) is 23.8 Å². The summed E-state index contributed by atoms with van der Waals surface area (Å²) in [5.74, 6) is 2.02. The number of halogens is 1. The van der Waals surface area contributed by atoms with Crippen molar-refractivity contribution < 1.29 is 9.47 Å². The van der Waals surface area contributed by atoms with Crippen LogP contribution in [0.1, 0.15) is 38.2 Å². The topological polar surface area (TPSA) is 68.9 Å². The minimum atomic E-state index is 0. The zero-order valence-corrected chi connectivity index (χ0v) is 16.8. The van der Waals surface area contributed by atoms with Crippen LogP contribution in [0.4, 0.5) is 0 Å². The molecular formula is C17H30IN3O2. The second kappa shape index (κ2) is 13.3. The number of ether oxygens (including phenoxy) is 2. The molecule has 0 saturated heterocycles. The summed E-state index contributed by atoms with van der Waals surface area (Å²) in [6, 6.07) is 5.93. The van der Waals surface area contributed by atoms with Gasteiger partial charge in [-0.05, 0) is 30.5 Å². The number of aliphatic imine (C=N–C) groups is 1. The summed E-state index contributed by atoms with van der Waals surface area (Å²) in [7, 11) is 3.28. The lowest BCUT2D eigenvalue weighted by Gasteiger charge is -2.10. The SMILES string of the molecule is CCCCCCN=C(N)NCCc1ccc(OC)c(OC)c1.I. The number of methoxy groups -OCH3 is 2. The molecule has 1 aromatic rings. The van der Waals surface area contributed by atoms with Crippen molar-refractivity contribution in [3.8, 4) is 11.5 Å². The Labute approximate surface area is 157 Å². The van der Waals surface area contributed by atoms with Gasteiger partial charge in [0.1, 0.15) is 0 Å². The van der Waals surface area contributed by atoms with Gasteiger partial charge in [-0.25, -0.2) is 0 Å². The molecule has 132 valence electrons. The van der Waals surface area contributed by atoms with Crippen LogP contribution in [0.3, 0.4) is 0 Å². The Balaban J connectivity index is 0.00000484. The van der Waals surface area contributed by atoms with Crippen molar-refractivity contribution >= 4 is 29.9 Å². The molecule has 0 aliphatic carbocycles. The summed E-state index contributed by atoms with van der Waals surface area (Å²) in [6.45, 7) is 3.75. The van der Waals surface area contributed by atoms with Gasteiger partial charge in [0, 0.05) is 13.1 Å². The number of hydrogen-bond acceptors (Lipinski definition) is 3. The van der Waals surface area contributed by atoms with E-state index in [0.29, 0.717) is 5.96 Å². The minimum Gasteiger partial charge on any atom is -0.493 e. The molecule has 0 bridgehead atoms. The number of nitrogens with two attached hydrogens (primary N) is 1. The Kier molecular flexibility index (Phi) is 12.6. The van der Waals surface area contributed by atoms with E-state index in [2.05, 4.69) is 17.2 Å². The fraction of sp³-hybridized carbons (Fsp3) is 0.588. The van der Waals surface area contributed by atoms with Crippen LogP contribution in [-0.4, -0.2) is 33.3 Å². The third-order valence-corrected chi connectivity index (χ3v) is 3.46. The molecule has 0 heterocycles. The highest BCUT2D eigenvalue weighted by Gasteiger charge is 2.04. The van der Waals surface area contributed by atoms with Crippen molar-refractivity contribution in [3.63, 3.8) is 0 Å². The number of nitrogens with zero attached hydrogens (tertiary/aromatic N) is 1. The molecule has 0 saturated carbocycles. The van der Waals surface area contributed by atoms with Gasteiger partial charge in [-0.3, -0.25) is 4.99 Å². The summed E-state index contributed by atoms with van der Waals surface area (Å²) >= 11 is 0. The summed E-state index contributed by atoms with van der Waals surface area (Å²) in [5, 5.41) is 3.14. The van der Waals surface area contributed by atoms with Gasteiger partial charge in [-0.2, -0.15) is 0 Å². The van der Waals surface area contributed by atoms with Crippen molar-refractivity contribution in [2.45, 2.75) is 39.0 Å². The van der Waals surface area contributed by atoms with Crippen LogP contribution < -0.4 is 20.5 Å². The molecular weight excluding hydrogens is 405 g/mol. The molecule has 1 aromatic carbocycles. The number of guanidine groups is 1. The van der Waals surface area contributed by atoms with E-state index in [-0.39, 0.29) is 24.0 Å². The highest BCUT2D eigenvalue weighted by atomic mass is 127. The number of hydrogen-bond donors (Lipinski definition) is 2. The van der Waals surface area contributed by atoms with E-state index in [4.69, 9.17) is 15.2 Å². The normalized spacial score (nSPS) is 10.8. The van der Waals surface area contributed by atoms with Gasteiger partial charge in [-0.15, -0.1) is 24.0 Å². The number of benzene rings is 1. The molecule has 5 nitrogen and oxygen atoms in total. The second-order valence-corrected chi connectivity index (χ2v) is 5.19. The molecule has 0 radical (unpaired) electrons. The minimum absolute atomic E-state index is 0.